The van der Waals surface area contributed by atoms with Gasteiger partial charge in [0.05, 0.1) is 15.6 Å². The first-order valence-corrected chi connectivity index (χ1v) is 7.28. The van der Waals surface area contributed by atoms with Gasteiger partial charge < -0.3 is 15.7 Å². The Morgan fingerprint density at radius 2 is 1.90 bits per heavy atom. The number of carbonyl (C=O) groups excluding carboxylic acids is 2. The second-order valence-corrected chi connectivity index (χ2v) is 5.50. The number of amides is 2. The van der Waals surface area contributed by atoms with Crippen LogP contribution in [-0.2, 0) is 4.79 Å². The fraction of sp³-hybridized carbons (Fsp3) is 0.429. The highest BCUT2D eigenvalue weighted by Crippen LogP contribution is 2.25. The molecule has 0 aliphatic carbocycles. The number of carbonyl (C=O) groups is 2. The standard InChI is InChI=1S/C14H18Cl2N2O3/c1-8(6-7-19)17-13(20)9(2)18-14(21)10-4-3-5-11(15)12(10)16/h3-5,8-9,19H,6-7H2,1-2H3,(H,17,20)(H,18,21). The third kappa shape index (κ3) is 5.19. The van der Waals surface area contributed by atoms with Gasteiger partial charge in [0.1, 0.15) is 6.04 Å². The molecule has 5 nitrogen and oxygen atoms in total. The van der Waals surface area contributed by atoms with Crippen molar-refractivity contribution in [1.29, 1.82) is 0 Å². The number of rotatable bonds is 6. The molecule has 116 valence electrons. The van der Waals surface area contributed by atoms with Gasteiger partial charge in [0.2, 0.25) is 5.91 Å². The van der Waals surface area contributed by atoms with Crippen LogP contribution in [-0.4, -0.2) is 35.6 Å². The van der Waals surface area contributed by atoms with Gasteiger partial charge in [0.25, 0.3) is 5.91 Å². The van der Waals surface area contributed by atoms with E-state index >= 15 is 0 Å². The SMILES string of the molecule is CC(CCO)NC(=O)C(C)NC(=O)c1cccc(Cl)c1Cl. The van der Waals surface area contributed by atoms with E-state index in [0.717, 1.165) is 0 Å². The summed E-state index contributed by atoms with van der Waals surface area (Å²) in [6.07, 6.45) is 0.451. The molecule has 0 spiro atoms. The average Bonchev–Trinajstić information content (AvgIpc) is 2.41. The van der Waals surface area contributed by atoms with Crippen molar-refractivity contribution in [2.75, 3.05) is 6.61 Å². The second kappa shape index (κ2) is 8.22. The van der Waals surface area contributed by atoms with Crippen LogP contribution in [0, 0.1) is 0 Å². The molecule has 0 aliphatic heterocycles. The Morgan fingerprint density at radius 3 is 2.52 bits per heavy atom. The molecule has 0 fully saturated rings. The first kappa shape index (κ1) is 17.8. The molecule has 0 aliphatic rings. The molecule has 2 unspecified atom stereocenters. The van der Waals surface area contributed by atoms with Crippen molar-refractivity contribution in [3.8, 4) is 0 Å². The molecule has 0 aromatic heterocycles. The number of benzene rings is 1. The third-order valence-electron chi connectivity index (χ3n) is 2.89. The first-order valence-electron chi connectivity index (χ1n) is 6.53. The van der Waals surface area contributed by atoms with E-state index in [1.807, 2.05) is 0 Å². The van der Waals surface area contributed by atoms with Crippen molar-refractivity contribution in [3.63, 3.8) is 0 Å². The largest absolute Gasteiger partial charge is 0.396 e. The number of hydrogen-bond donors (Lipinski definition) is 3. The maximum absolute atomic E-state index is 12.1. The van der Waals surface area contributed by atoms with Gasteiger partial charge in [0, 0.05) is 12.6 Å². The summed E-state index contributed by atoms with van der Waals surface area (Å²) in [5, 5.41) is 14.5. The highest BCUT2D eigenvalue weighted by atomic mass is 35.5. The highest BCUT2D eigenvalue weighted by molar-refractivity contribution is 6.43. The Balaban J connectivity index is 2.65. The minimum atomic E-state index is -0.728. The second-order valence-electron chi connectivity index (χ2n) is 4.72. The lowest BCUT2D eigenvalue weighted by atomic mass is 10.2. The van der Waals surface area contributed by atoms with Gasteiger partial charge in [-0.3, -0.25) is 9.59 Å². The van der Waals surface area contributed by atoms with Crippen LogP contribution < -0.4 is 10.6 Å². The van der Waals surface area contributed by atoms with Crippen LogP contribution in [0.1, 0.15) is 30.6 Å². The molecule has 0 bridgehead atoms. The summed E-state index contributed by atoms with van der Waals surface area (Å²) in [5.74, 6) is -0.803. The summed E-state index contributed by atoms with van der Waals surface area (Å²) in [5.41, 5.74) is 0.215. The van der Waals surface area contributed by atoms with Crippen LogP contribution in [0.25, 0.3) is 0 Å². The Kier molecular flexibility index (Phi) is 6.95. The van der Waals surface area contributed by atoms with Crippen LogP contribution in [0.3, 0.4) is 0 Å². The quantitative estimate of drug-likeness (QED) is 0.745. The fourth-order valence-corrected chi connectivity index (χ4v) is 2.04. The predicted octanol–water partition coefficient (Wildman–Crippen LogP) is 2.00. The van der Waals surface area contributed by atoms with E-state index in [-0.39, 0.29) is 34.2 Å². The molecular weight excluding hydrogens is 315 g/mol. The summed E-state index contributed by atoms with van der Waals surface area (Å²) in [4.78, 5) is 24.0. The van der Waals surface area contributed by atoms with Gasteiger partial charge in [-0.05, 0) is 32.4 Å². The van der Waals surface area contributed by atoms with Crippen LogP contribution in [0.2, 0.25) is 10.0 Å². The zero-order chi connectivity index (χ0) is 16.0. The number of nitrogens with one attached hydrogen (secondary N) is 2. The lowest BCUT2D eigenvalue weighted by molar-refractivity contribution is -0.123. The molecule has 0 saturated carbocycles. The van der Waals surface area contributed by atoms with Crippen molar-refractivity contribution in [1.82, 2.24) is 10.6 Å². The number of aliphatic hydroxyl groups is 1. The van der Waals surface area contributed by atoms with E-state index in [4.69, 9.17) is 28.3 Å². The Labute approximate surface area is 133 Å². The van der Waals surface area contributed by atoms with Gasteiger partial charge in [-0.15, -0.1) is 0 Å². The van der Waals surface area contributed by atoms with Gasteiger partial charge >= 0.3 is 0 Å². The zero-order valence-corrected chi connectivity index (χ0v) is 13.3. The third-order valence-corrected chi connectivity index (χ3v) is 3.71. The van der Waals surface area contributed by atoms with Crippen LogP contribution in [0.15, 0.2) is 18.2 Å². The Bertz CT molecular complexity index is 523. The smallest absolute Gasteiger partial charge is 0.253 e. The maximum Gasteiger partial charge on any atom is 0.253 e. The molecule has 3 N–H and O–H groups in total. The molecule has 1 aromatic rings. The lowest BCUT2D eigenvalue weighted by Crippen LogP contribution is -2.47. The maximum atomic E-state index is 12.1. The molecule has 2 amide bonds. The minimum absolute atomic E-state index is 0.0136. The van der Waals surface area contributed by atoms with Crippen LogP contribution in [0.4, 0.5) is 0 Å². The van der Waals surface area contributed by atoms with Crippen molar-refractivity contribution in [3.05, 3.63) is 33.8 Å². The van der Waals surface area contributed by atoms with E-state index < -0.39 is 11.9 Å². The topological polar surface area (TPSA) is 78.4 Å². The van der Waals surface area contributed by atoms with Gasteiger partial charge in [-0.1, -0.05) is 29.3 Å². The van der Waals surface area contributed by atoms with Crippen LogP contribution in [0.5, 0.6) is 0 Å². The summed E-state index contributed by atoms with van der Waals surface area (Å²) in [6.45, 7) is 3.33. The molecule has 0 saturated heterocycles. The normalized spacial score (nSPS) is 13.4. The number of hydrogen-bond acceptors (Lipinski definition) is 3. The summed E-state index contributed by atoms with van der Waals surface area (Å²) in [7, 11) is 0. The van der Waals surface area contributed by atoms with Gasteiger partial charge in [-0.25, -0.2) is 0 Å². The Morgan fingerprint density at radius 1 is 1.24 bits per heavy atom. The van der Waals surface area contributed by atoms with E-state index in [0.29, 0.717) is 6.42 Å². The average molecular weight is 333 g/mol. The molecule has 0 radical (unpaired) electrons. The van der Waals surface area contributed by atoms with E-state index in [1.165, 1.54) is 6.07 Å². The number of aliphatic hydroxyl groups excluding tert-OH is 1. The molecule has 1 aromatic carbocycles. The molecule has 0 heterocycles. The molecule has 7 heteroatoms. The van der Waals surface area contributed by atoms with Gasteiger partial charge in [-0.2, -0.15) is 0 Å². The number of halogens is 2. The molecular formula is C14H18Cl2N2O3. The summed E-state index contributed by atoms with van der Waals surface area (Å²) >= 11 is 11.8. The summed E-state index contributed by atoms with van der Waals surface area (Å²) < 4.78 is 0. The van der Waals surface area contributed by atoms with E-state index in [9.17, 15) is 9.59 Å². The molecule has 21 heavy (non-hydrogen) atoms. The van der Waals surface area contributed by atoms with Crippen LogP contribution >= 0.6 is 23.2 Å². The zero-order valence-electron chi connectivity index (χ0n) is 11.8. The summed E-state index contributed by atoms with van der Waals surface area (Å²) in [6, 6.07) is 3.82. The molecule has 1 rings (SSSR count). The van der Waals surface area contributed by atoms with Crippen molar-refractivity contribution >= 4 is 35.0 Å². The van der Waals surface area contributed by atoms with Crippen molar-refractivity contribution in [2.24, 2.45) is 0 Å². The predicted molar refractivity (Wildman–Crippen MR) is 82.7 cm³/mol. The fourth-order valence-electron chi connectivity index (χ4n) is 1.65. The van der Waals surface area contributed by atoms with Crippen molar-refractivity contribution < 1.29 is 14.7 Å². The van der Waals surface area contributed by atoms with E-state index in [2.05, 4.69) is 10.6 Å². The monoisotopic (exact) mass is 332 g/mol. The Hall–Kier alpha value is -1.30. The minimum Gasteiger partial charge on any atom is -0.396 e. The highest BCUT2D eigenvalue weighted by Gasteiger charge is 2.20. The van der Waals surface area contributed by atoms with Crippen molar-refractivity contribution in [2.45, 2.75) is 32.4 Å². The lowest BCUT2D eigenvalue weighted by Gasteiger charge is -2.18. The van der Waals surface area contributed by atoms with E-state index in [1.54, 1.807) is 26.0 Å². The van der Waals surface area contributed by atoms with Gasteiger partial charge in [0.15, 0.2) is 0 Å². The molecule has 2 atom stereocenters. The first-order chi connectivity index (χ1) is 9.86.